The molecule has 1 N–H and O–H groups in total. The maximum atomic E-state index is 12.2. The van der Waals surface area contributed by atoms with E-state index in [0.717, 1.165) is 6.42 Å². The van der Waals surface area contributed by atoms with E-state index in [0.29, 0.717) is 6.54 Å². The van der Waals surface area contributed by atoms with Crippen molar-refractivity contribution in [1.82, 2.24) is 5.32 Å². The van der Waals surface area contributed by atoms with Crippen molar-refractivity contribution in [3.05, 3.63) is 24.8 Å². The van der Waals surface area contributed by atoms with Gasteiger partial charge in [-0.1, -0.05) is 18.2 Å². The van der Waals surface area contributed by atoms with Crippen molar-refractivity contribution >= 4 is 11.9 Å². The number of hydrogen-bond donors (Lipinski definition) is 1. The lowest BCUT2D eigenvalue weighted by Gasteiger charge is -2.26. The van der Waals surface area contributed by atoms with Gasteiger partial charge in [-0.15, -0.1) is 6.58 Å². The number of hydrogen-bond acceptors (Lipinski definition) is 3. The Morgan fingerprint density at radius 2 is 2.00 bits per heavy atom. The van der Waals surface area contributed by atoms with Gasteiger partial charge in [0.15, 0.2) is 0 Å². The van der Waals surface area contributed by atoms with E-state index < -0.39 is 0 Å². The van der Waals surface area contributed by atoms with Gasteiger partial charge in [0.05, 0.1) is 17.9 Å². The van der Waals surface area contributed by atoms with Crippen molar-refractivity contribution in [1.29, 1.82) is 0 Å². The molecular weight excluding hydrogens is 242 g/mol. The average molecular weight is 263 g/mol. The minimum atomic E-state index is -0.331. The number of rotatable bonds is 5. The third kappa shape index (κ3) is 2.72. The smallest absolute Gasteiger partial charge is 0.310 e. The summed E-state index contributed by atoms with van der Waals surface area (Å²) in [7, 11) is 0. The number of allylic oxidation sites excluding steroid dienone is 2. The molecule has 2 aliphatic carbocycles. The van der Waals surface area contributed by atoms with Crippen LogP contribution in [0.5, 0.6) is 0 Å². The van der Waals surface area contributed by atoms with E-state index in [-0.39, 0.29) is 41.7 Å². The summed E-state index contributed by atoms with van der Waals surface area (Å²) in [5.41, 5.74) is 0. The lowest BCUT2D eigenvalue weighted by molar-refractivity contribution is -0.157. The van der Waals surface area contributed by atoms with Crippen LogP contribution in [0.1, 0.15) is 20.3 Å². The highest BCUT2D eigenvalue weighted by Crippen LogP contribution is 2.48. The normalized spacial score (nSPS) is 31.5. The molecule has 1 fully saturated rings. The molecule has 0 saturated heterocycles. The van der Waals surface area contributed by atoms with Crippen LogP contribution in [0.2, 0.25) is 0 Å². The fourth-order valence-corrected chi connectivity index (χ4v) is 3.10. The number of carbonyl (C=O) groups is 2. The predicted octanol–water partition coefficient (Wildman–Crippen LogP) is 1.68. The zero-order chi connectivity index (χ0) is 14.0. The van der Waals surface area contributed by atoms with Gasteiger partial charge in [0.2, 0.25) is 5.91 Å². The SMILES string of the molecule is C=CCNC(=O)C1C2C=CC(C2)C1C(=O)OC(C)C. The van der Waals surface area contributed by atoms with Crippen LogP contribution in [0.3, 0.4) is 0 Å². The second kappa shape index (κ2) is 5.59. The zero-order valence-corrected chi connectivity index (χ0v) is 11.5. The molecule has 4 atom stereocenters. The zero-order valence-electron chi connectivity index (χ0n) is 11.5. The van der Waals surface area contributed by atoms with Gasteiger partial charge in [-0.2, -0.15) is 0 Å². The third-order valence-electron chi connectivity index (χ3n) is 3.81. The molecule has 0 aromatic carbocycles. The quantitative estimate of drug-likeness (QED) is 0.606. The van der Waals surface area contributed by atoms with Crippen LogP contribution in [0.25, 0.3) is 0 Å². The minimum Gasteiger partial charge on any atom is -0.463 e. The van der Waals surface area contributed by atoms with Gasteiger partial charge in [0.25, 0.3) is 0 Å². The highest BCUT2D eigenvalue weighted by atomic mass is 16.5. The van der Waals surface area contributed by atoms with E-state index in [1.165, 1.54) is 0 Å². The first kappa shape index (κ1) is 13.8. The standard InChI is InChI=1S/C15H21NO3/c1-4-7-16-14(17)12-10-5-6-11(8-10)13(12)15(18)19-9(2)3/h4-6,9-13H,1,7-8H2,2-3H3,(H,16,17). The highest BCUT2D eigenvalue weighted by molar-refractivity contribution is 5.87. The van der Waals surface area contributed by atoms with Gasteiger partial charge >= 0.3 is 5.97 Å². The van der Waals surface area contributed by atoms with E-state index >= 15 is 0 Å². The van der Waals surface area contributed by atoms with Gasteiger partial charge < -0.3 is 10.1 Å². The number of amides is 1. The van der Waals surface area contributed by atoms with Crippen molar-refractivity contribution in [3.63, 3.8) is 0 Å². The van der Waals surface area contributed by atoms with Crippen LogP contribution in [0.15, 0.2) is 24.8 Å². The number of ether oxygens (including phenoxy) is 1. The molecule has 19 heavy (non-hydrogen) atoms. The summed E-state index contributed by atoms with van der Waals surface area (Å²) in [6.45, 7) is 7.67. The maximum Gasteiger partial charge on any atom is 0.310 e. The van der Waals surface area contributed by atoms with E-state index in [4.69, 9.17) is 4.74 Å². The van der Waals surface area contributed by atoms with Crippen molar-refractivity contribution in [3.8, 4) is 0 Å². The van der Waals surface area contributed by atoms with Gasteiger partial charge in [0, 0.05) is 6.54 Å². The summed E-state index contributed by atoms with van der Waals surface area (Å²) in [5.74, 6) is -0.619. The molecule has 2 rings (SSSR count). The predicted molar refractivity (Wildman–Crippen MR) is 72.2 cm³/mol. The summed E-state index contributed by atoms with van der Waals surface area (Å²) in [6.07, 6.45) is 6.48. The lowest BCUT2D eigenvalue weighted by atomic mass is 9.82. The Bertz CT molecular complexity index is 414. The van der Waals surface area contributed by atoms with Crippen LogP contribution in [0.4, 0.5) is 0 Å². The Labute approximate surface area is 113 Å². The first-order valence-corrected chi connectivity index (χ1v) is 6.82. The van der Waals surface area contributed by atoms with Gasteiger partial charge in [-0.05, 0) is 32.1 Å². The highest BCUT2D eigenvalue weighted by Gasteiger charge is 2.52. The Kier molecular flexibility index (Phi) is 4.08. The topological polar surface area (TPSA) is 55.4 Å². The molecule has 0 spiro atoms. The van der Waals surface area contributed by atoms with Crippen molar-refractivity contribution < 1.29 is 14.3 Å². The molecule has 0 aromatic rings. The number of esters is 1. The maximum absolute atomic E-state index is 12.2. The molecule has 0 aliphatic heterocycles. The fourth-order valence-electron chi connectivity index (χ4n) is 3.10. The van der Waals surface area contributed by atoms with Crippen LogP contribution < -0.4 is 5.32 Å². The molecule has 2 aliphatic rings. The van der Waals surface area contributed by atoms with Crippen LogP contribution in [0, 0.1) is 23.7 Å². The van der Waals surface area contributed by atoms with Gasteiger partial charge in [-0.25, -0.2) is 0 Å². The largest absolute Gasteiger partial charge is 0.463 e. The van der Waals surface area contributed by atoms with Crippen molar-refractivity contribution in [2.24, 2.45) is 23.7 Å². The molecule has 0 heterocycles. The Morgan fingerprint density at radius 1 is 1.37 bits per heavy atom. The number of nitrogens with one attached hydrogen (secondary N) is 1. The third-order valence-corrected chi connectivity index (χ3v) is 3.81. The molecule has 0 radical (unpaired) electrons. The van der Waals surface area contributed by atoms with E-state index in [9.17, 15) is 9.59 Å². The molecule has 4 heteroatoms. The average Bonchev–Trinajstić information content (AvgIpc) is 2.94. The van der Waals surface area contributed by atoms with Gasteiger partial charge in [-0.3, -0.25) is 9.59 Å². The molecule has 2 bridgehead atoms. The van der Waals surface area contributed by atoms with Crippen LogP contribution in [-0.4, -0.2) is 24.5 Å². The molecule has 0 aromatic heterocycles. The Morgan fingerprint density at radius 3 is 2.58 bits per heavy atom. The Balaban J connectivity index is 2.11. The first-order valence-electron chi connectivity index (χ1n) is 6.82. The van der Waals surface area contributed by atoms with E-state index in [1.807, 2.05) is 19.9 Å². The monoisotopic (exact) mass is 263 g/mol. The first-order chi connectivity index (χ1) is 9.04. The van der Waals surface area contributed by atoms with Crippen molar-refractivity contribution in [2.75, 3.05) is 6.54 Å². The number of carbonyl (C=O) groups excluding carboxylic acids is 2. The molecule has 1 saturated carbocycles. The lowest BCUT2D eigenvalue weighted by Crippen LogP contribution is -2.41. The summed E-state index contributed by atoms with van der Waals surface area (Å²) in [4.78, 5) is 24.4. The van der Waals surface area contributed by atoms with Crippen molar-refractivity contribution in [2.45, 2.75) is 26.4 Å². The summed E-state index contributed by atoms with van der Waals surface area (Å²) in [6, 6.07) is 0. The number of fused-ring (bicyclic) bond motifs is 2. The van der Waals surface area contributed by atoms with E-state index in [2.05, 4.69) is 18.0 Å². The van der Waals surface area contributed by atoms with Crippen LogP contribution >= 0.6 is 0 Å². The molecule has 4 nitrogen and oxygen atoms in total. The summed E-state index contributed by atoms with van der Waals surface area (Å²) < 4.78 is 5.30. The molecule has 4 unspecified atom stereocenters. The second-order valence-corrected chi connectivity index (χ2v) is 5.52. The fraction of sp³-hybridized carbons (Fsp3) is 0.600. The van der Waals surface area contributed by atoms with Crippen LogP contribution in [-0.2, 0) is 14.3 Å². The second-order valence-electron chi connectivity index (χ2n) is 5.52. The van der Waals surface area contributed by atoms with E-state index in [1.54, 1.807) is 6.08 Å². The van der Waals surface area contributed by atoms with Gasteiger partial charge in [0.1, 0.15) is 0 Å². The Hall–Kier alpha value is -1.58. The minimum absolute atomic E-state index is 0.0672. The summed E-state index contributed by atoms with van der Waals surface area (Å²) in [5, 5.41) is 2.80. The molecule has 104 valence electrons. The summed E-state index contributed by atoms with van der Waals surface area (Å²) >= 11 is 0. The molecular formula is C15H21NO3. The molecule has 1 amide bonds.